The number of aliphatic imine (C=N–C) groups is 2. The lowest BCUT2D eigenvalue weighted by Crippen LogP contribution is -2.44. The fraction of sp³-hybridized carbons (Fsp3) is 0.286. The molecule has 0 spiro atoms. The largest absolute Gasteiger partial charge is 0.274 e. The Labute approximate surface area is 196 Å². The molecule has 164 valence electrons. The van der Waals surface area contributed by atoms with Gasteiger partial charge in [-0.05, 0) is 63.1 Å². The van der Waals surface area contributed by atoms with Gasteiger partial charge >= 0.3 is 0 Å². The number of hydrogen-bond donors (Lipinski definition) is 0. The first-order valence-electron chi connectivity index (χ1n) is 11.0. The van der Waals surface area contributed by atoms with E-state index in [1.54, 1.807) is 11.8 Å². The predicted molar refractivity (Wildman–Crippen MR) is 140 cm³/mol. The molecule has 0 bridgehead atoms. The molecule has 0 aliphatic carbocycles. The summed E-state index contributed by atoms with van der Waals surface area (Å²) in [5.41, 5.74) is 4.84. The van der Waals surface area contributed by atoms with Crippen LogP contribution in [-0.4, -0.2) is 22.8 Å². The average Bonchev–Trinajstić information content (AvgIpc) is 3.08. The van der Waals surface area contributed by atoms with Gasteiger partial charge in [-0.3, -0.25) is 9.89 Å². The van der Waals surface area contributed by atoms with E-state index in [1.807, 2.05) is 0 Å². The monoisotopic (exact) mass is 441 g/mol. The summed E-state index contributed by atoms with van der Waals surface area (Å²) in [7, 11) is 0. The minimum atomic E-state index is -0.719. The number of amidine groups is 2. The van der Waals surface area contributed by atoms with Crippen LogP contribution in [-0.2, 0) is 5.54 Å². The topological polar surface area (TPSA) is 28.0 Å². The zero-order valence-corrected chi connectivity index (χ0v) is 20.6. The Morgan fingerprint density at radius 2 is 1.28 bits per heavy atom. The minimum absolute atomic E-state index is 0.275. The van der Waals surface area contributed by atoms with E-state index in [0.717, 1.165) is 27.8 Å². The molecule has 32 heavy (non-hydrogen) atoms. The van der Waals surface area contributed by atoms with Gasteiger partial charge in [0.25, 0.3) is 0 Å². The lowest BCUT2D eigenvalue weighted by molar-refractivity contribution is 0.572. The van der Waals surface area contributed by atoms with Gasteiger partial charge in [0.05, 0.1) is 11.2 Å². The lowest BCUT2D eigenvalue weighted by Gasteiger charge is -2.34. The third-order valence-corrected chi connectivity index (χ3v) is 6.30. The number of thioether (sulfide) groups is 1. The van der Waals surface area contributed by atoms with E-state index in [0.29, 0.717) is 0 Å². The standard InChI is InChI=1S/C28H31N3S/c1-20-14-13-15-21(2)24(20)31-25(29-27(3,4)5)28(30-26(31)32-6,22-16-9-7-10-17-22)23-18-11-8-12-19-23/h7-19H,1-6H3. The molecule has 3 aromatic carbocycles. The van der Waals surface area contributed by atoms with Crippen LogP contribution in [0.1, 0.15) is 43.0 Å². The van der Waals surface area contributed by atoms with Crippen LogP contribution in [0.2, 0.25) is 0 Å². The second-order valence-electron chi connectivity index (χ2n) is 9.22. The zero-order chi connectivity index (χ0) is 22.9. The average molecular weight is 442 g/mol. The molecule has 1 aliphatic rings. The summed E-state index contributed by atoms with van der Waals surface area (Å²) in [6, 6.07) is 27.6. The number of anilines is 1. The van der Waals surface area contributed by atoms with Gasteiger partial charge in [-0.15, -0.1) is 0 Å². The van der Waals surface area contributed by atoms with E-state index in [4.69, 9.17) is 9.98 Å². The van der Waals surface area contributed by atoms with Gasteiger partial charge in [-0.1, -0.05) is 90.6 Å². The van der Waals surface area contributed by atoms with E-state index in [-0.39, 0.29) is 5.54 Å². The normalized spacial score (nSPS) is 17.0. The molecule has 0 amide bonds. The van der Waals surface area contributed by atoms with Crippen LogP contribution >= 0.6 is 11.8 Å². The SMILES string of the molecule is CSC1=NC(c2ccccc2)(c2ccccc2)C(=NC(C)(C)C)N1c1c(C)cccc1C. The van der Waals surface area contributed by atoms with Gasteiger partial charge < -0.3 is 0 Å². The van der Waals surface area contributed by atoms with Crippen LogP contribution in [0.15, 0.2) is 88.8 Å². The van der Waals surface area contributed by atoms with Crippen molar-refractivity contribution in [2.75, 3.05) is 11.2 Å². The number of para-hydroxylation sites is 1. The summed E-state index contributed by atoms with van der Waals surface area (Å²) in [5.74, 6) is 0.948. The Hall–Kier alpha value is -2.85. The van der Waals surface area contributed by atoms with Gasteiger partial charge in [0, 0.05) is 0 Å². The Morgan fingerprint density at radius 3 is 1.72 bits per heavy atom. The summed E-state index contributed by atoms with van der Waals surface area (Å²) in [6.45, 7) is 10.8. The van der Waals surface area contributed by atoms with Crippen LogP contribution in [0.5, 0.6) is 0 Å². The quantitative estimate of drug-likeness (QED) is 0.438. The van der Waals surface area contributed by atoms with E-state index in [2.05, 4.69) is 125 Å². The van der Waals surface area contributed by atoms with Gasteiger partial charge in [0.2, 0.25) is 0 Å². The third-order valence-electron chi connectivity index (χ3n) is 5.66. The fourth-order valence-electron chi connectivity index (χ4n) is 4.35. The minimum Gasteiger partial charge on any atom is -0.274 e. The van der Waals surface area contributed by atoms with Gasteiger partial charge in [-0.2, -0.15) is 0 Å². The number of rotatable bonds is 3. The van der Waals surface area contributed by atoms with Crippen LogP contribution in [0.4, 0.5) is 5.69 Å². The van der Waals surface area contributed by atoms with Crippen molar-refractivity contribution in [3.63, 3.8) is 0 Å². The van der Waals surface area contributed by atoms with Crippen molar-refractivity contribution in [1.29, 1.82) is 0 Å². The lowest BCUT2D eigenvalue weighted by atomic mass is 9.82. The van der Waals surface area contributed by atoms with Crippen molar-refractivity contribution in [2.24, 2.45) is 9.98 Å². The molecule has 3 nitrogen and oxygen atoms in total. The summed E-state index contributed by atoms with van der Waals surface area (Å²) < 4.78 is 0. The van der Waals surface area contributed by atoms with Crippen molar-refractivity contribution in [1.82, 2.24) is 0 Å². The number of hydrogen-bond acceptors (Lipinski definition) is 3. The Morgan fingerprint density at radius 1 is 0.781 bits per heavy atom. The maximum Gasteiger partial charge on any atom is 0.171 e. The molecule has 0 aromatic heterocycles. The summed E-state index contributed by atoms with van der Waals surface area (Å²) >= 11 is 1.67. The van der Waals surface area contributed by atoms with Crippen LogP contribution in [0.3, 0.4) is 0 Å². The maximum absolute atomic E-state index is 5.46. The smallest absolute Gasteiger partial charge is 0.171 e. The van der Waals surface area contributed by atoms with Crippen LogP contribution in [0.25, 0.3) is 0 Å². The molecule has 0 saturated carbocycles. The van der Waals surface area contributed by atoms with Crippen molar-refractivity contribution in [3.8, 4) is 0 Å². The molecule has 3 aromatic rings. The molecule has 0 atom stereocenters. The zero-order valence-electron chi connectivity index (χ0n) is 19.8. The molecule has 1 aliphatic heterocycles. The second kappa shape index (κ2) is 8.59. The summed E-state index contributed by atoms with van der Waals surface area (Å²) in [5, 5.41) is 0.957. The third kappa shape index (κ3) is 3.88. The van der Waals surface area contributed by atoms with E-state index in [9.17, 15) is 0 Å². The highest BCUT2D eigenvalue weighted by atomic mass is 32.2. The molecule has 4 heteroatoms. The van der Waals surface area contributed by atoms with Crippen molar-refractivity contribution >= 4 is 28.5 Å². The highest BCUT2D eigenvalue weighted by molar-refractivity contribution is 8.13. The molecular weight excluding hydrogens is 410 g/mol. The molecule has 0 fully saturated rings. The molecule has 1 heterocycles. The summed E-state index contributed by atoms with van der Waals surface area (Å²) in [6.07, 6.45) is 2.10. The molecule has 0 radical (unpaired) electrons. The van der Waals surface area contributed by atoms with Crippen molar-refractivity contribution in [3.05, 3.63) is 101 Å². The van der Waals surface area contributed by atoms with Gasteiger partial charge in [0.15, 0.2) is 10.7 Å². The number of aryl methyl sites for hydroxylation is 2. The predicted octanol–water partition coefficient (Wildman–Crippen LogP) is 6.98. The summed E-state index contributed by atoms with van der Waals surface area (Å²) in [4.78, 5) is 13.1. The van der Waals surface area contributed by atoms with Gasteiger partial charge in [-0.25, -0.2) is 4.99 Å². The molecule has 0 unspecified atom stereocenters. The maximum atomic E-state index is 5.46. The van der Waals surface area contributed by atoms with Crippen molar-refractivity contribution in [2.45, 2.75) is 45.7 Å². The van der Waals surface area contributed by atoms with E-state index < -0.39 is 5.54 Å². The number of nitrogens with zero attached hydrogens (tertiary/aromatic N) is 3. The second-order valence-corrected chi connectivity index (χ2v) is 10.00. The highest BCUT2D eigenvalue weighted by Crippen LogP contribution is 2.46. The highest BCUT2D eigenvalue weighted by Gasteiger charge is 2.50. The molecule has 0 N–H and O–H groups in total. The van der Waals surface area contributed by atoms with E-state index in [1.165, 1.54) is 11.1 Å². The molecule has 4 rings (SSSR count). The first-order valence-corrected chi connectivity index (χ1v) is 12.2. The first-order chi connectivity index (χ1) is 15.3. The fourth-order valence-corrected chi connectivity index (χ4v) is 4.94. The molecular formula is C28H31N3S. The van der Waals surface area contributed by atoms with Crippen LogP contribution in [0, 0.1) is 13.8 Å². The van der Waals surface area contributed by atoms with Crippen LogP contribution < -0.4 is 4.90 Å². The first kappa shape index (κ1) is 22.3. The number of benzene rings is 3. The van der Waals surface area contributed by atoms with E-state index >= 15 is 0 Å². The Kier molecular flexibility index (Phi) is 6.00. The molecule has 0 saturated heterocycles. The Bertz CT molecular complexity index is 1100. The Balaban J connectivity index is 2.12. The van der Waals surface area contributed by atoms with Crippen molar-refractivity contribution < 1.29 is 0 Å². The van der Waals surface area contributed by atoms with Gasteiger partial charge in [0.1, 0.15) is 5.84 Å².